The van der Waals surface area contributed by atoms with Crippen LogP contribution in [0.1, 0.15) is 0 Å². The molecule has 0 aliphatic carbocycles. The van der Waals surface area contributed by atoms with E-state index in [0.29, 0.717) is 0 Å². The van der Waals surface area contributed by atoms with Crippen molar-refractivity contribution in [2.75, 3.05) is 0 Å². The summed E-state index contributed by atoms with van der Waals surface area (Å²) < 4.78 is 13.6. The van der Waals surface area contributed by atoms with Gasteiger partial charge in [0.2, 0.25) is 0 Å². The Morgan fingerprint density at radius 2 is 0.827 bits per heavy atom. The second-order valence-corrected chi connectivity index (χ2v) is 13.6. The summed E-state index contributed by atoms with van der Waals surface area (Å²) in [5.74, 6) is 0. The molecule has 0 unspecified atom stereocenters. The molecule has 0 saturated heterocycles. The monoisotopic (exact) mass is 664 g/mol. The molecule has 0 spiro atoms. The third-order valence-electron chi connectivity index (χ3n) is 10.9. The highest BCUT2D eigenvalue weighted by Crippen LogP contribution is 2.40. The first-order valence-corrected chi connectivity index (χ1v) is 17.6. The number of benzene rings is 7. The van der Waals surface area contributed by atoms with E-state index < -0.39 is 0 Å². The van der Waals surface area contributed by atoms with Crippen molar-refractivity contribution in [3.05, 3.63) is 170 Å². The number of hydrogen-bond acceptors (Lipinski definition) is 2. The van der Waals surface area contributed by atoms with Gasteiger partial charge in [-0.2, -0.15) is 0 Å². The zero-order valence-corrected chi connectivity index (χ0v) is 27.9. The van der Waals surface area contributed by atoms with Crippen LogP contribution in [-0.2, 0) is 0 Å². The summed E-state index contributed by atoms with van der Waals surface area (Å²) in [6, 6.07) is 58.9. The number of rotatable bonds is 3. The van der Waals surface area contributed by atoms with Gasteiger partial charge in [0.05, 0.1) is 38.8 Å². The van der Waals surface area contributed by atoms with Crippen molar-refractivity contribution < 1.29 is 4.42 Å². The molecule has 5 aromatic heterocycles. The molecule has 12 aromatic rings. The van der Waals surface area contributed by atoms with Crippen LogP contribution in [0.4, 0.5) is 0 Å². The minimum atomic E-state index is 0.792. The quantitative estimate of drug-likeness (QED) is 0.189. The molecule has 0 amide bonds. The molecule has 242 valence electrons. The van der Waals surface area contributed by atoms with Gasteiger partial charge in [0, 0.05) is 55.3 Å². The predicted octanol–water partition coefficient (Wildman–Crippen LogP) is 12.3. The smallest absolute Gasteiger partial charge is 0.161 e. The number of aromatic nitrogens is 4. The van der Waals surface area contributed by atoms with Gasteiger partial charge in [0.25, 0.3) is 0 Å². The zero-order valence-electron chi connectivity index (χ0n) is 27.9. The van der Waals surface area contributed by atoms with Crippen molar-refractivity contribution in [1.29, 1.82) is 0 Å². The molecule has 0 bridgehead atoms. The number of furan rings is 1. The van der Waals surface area contributed by atoms with E-state index in [9.17, 15) is 0 Å². The molecule has 7 aromatic carbocycles. The number of nitrogens with zero attached hydrogens (tertiary/aromatic N) is 4. The molecule has 0 fully saturated rings. The second kappa shape index (κ2) is 10.2. The summed E-state index contributed by atoms with van der Waals surface area (Å²) in [6.45, 7) is 0. The Balaban J connectivity index is 1.10. The average Bonchev–Trinajstić information content (AvgIpc) is 3.94. The summed E-state index contributed by atoms with van der Waals surface area (Å²) in [4.78, 5) is 4.65. The fourth-order valence-electron chi connectivity index (χ4n) is 8.72. The van der Waals surface area contributed by atoms with Gasteiger partial charge in [-0.25, -0.2) is 0 Å². The normalized spacial score (nSPS) is 12.2. The van der Waals surface area contributed by atoms with E-state index in [2.05, 4.69) is 170 Å². The number of pyridine rings is 1. The third kappa shape index (κ3) is 3.64. The van der Waals surface area contributed by atoms with Gasteiger partial charge in [-0.1, -0.05) is 78.9 Å². The summed E-state index contributed by atoms with van der Waals surface area (Å²) in [5.41, 5.74) is 12.8. The van der Waals surface area contributed by atoms with E-state index in [-0.39, 0.29) is 0 Å². The van der Waals surface area contributed by atoms with Crippen LogP contribution in [0.2, 0.25) is 0 Å². The summed E-state index contributed by atoms with van der Waals surface area (Å²) in [7, 11) is 0. The van der Waals surface area contributed by atoms with Crippen LogP contribution < -0.4 is 0 Å². The van der Waals surface area contributed by atoms with E-state index in [4.69, 9.17) is 4.42 Å². The Morgan fingerprint density at radius 1 is 0.365 bits per heavy atom. The van der Waals surface area contributed by atoms with Gasteiger partial charge < -0.3 is 18.1 Å². The van der Waals surface area contributed by atoms with Gasteiger partial charge in [-0.3, -0.25) is 4.98 Å². The molecule has 5 nitrogen and oxygen atoms in total. The van der Waals surface area contributed by atoms with Gasteiger partial charge in [-0.05, 0) is 84.9 Å². The minimum absolute atomic E-state index is 0.792. The van der Waals surface area contributed by atoms with Gasteiger partial charge in [-0.15, -0.1) is 0 Å². The highest BCUT2D eigenvalue weighted by Gasteiger charge is 2.20. The van der Waals surface area contributed by atoms with Crippen LogP contribution in [-0.4, -0.2) is 18.7 Å². The van der Waals surface area contributed by atoms with Crippen molar-refractivity contribution >= 4 is 87.5 Å². The van der Waals surface area contributed by atoms with E-state index >= 15 is 0 Å². The van der Waals surface area contributed by atoms with E-state index in [1.807, 2.05) is 18.3 Å². The predicted molar refractivity (Wildman–Crippen MR) is 215 cm³/mol. The fraction of sp³-hybridized carbons (Fsp3) is 0. The van der Waals surface area contributed by atoms with Gasteiger partial charge >= 0.3 is 0 Å². The maximum atomic E-state index is 6.48. The van der Waals surface area contributed by atoms with Crippen LogP contribution in [0, 0.1) is 0 Å². The molecule has 0 aliphatic heterocycles. The first-order valence-electron chi connectivity index (χ1n) is 17.6. The summed E-state index contributed by atoms with van der Waals surface area (Å²) >= 11 is 0. The van der Waals surface area contributed by atoms with E-state index in [1.54, 1.807) is 0 Å². The maximum absolute atomic E-state index is 6.48. The minimum Gasteiger partial charge on any atom is -0.452 e. The maximum Gasteiger partial charge on any atom is 0.161 e. The first-order chi connectivity index (χ1) is 25.8. The number of fused-ring (bicyclic) bond motifs is 12. The first kappa shape index (κ1) is 27.7. The van der Waals surface area contributed by atoms with Crippen LogP contribution >= 0.6 is 0 Å². The van der Waals surface area contributed by atoms with Crippen molar-refractivity contribution in [2.45, 2.75) is 0 Å². The Hall–Kier alpha value is -7.11. The van der Waals surface area contributed by atoms with Gasteiger partial charge in [0.15, 0.2) is 11.2 Å². The molecule has 0 N–H and O–H groups in total. The van der Waals surface area contributed by atoms with Crippen LogP contribution in [0.3, 0.4) is 0 Å². The number of hydrogen-bond donors (Lipinski definition) is 0. The Morgan fingerprint density at radius 3 is 1.40 bits per heavy atom. The molecule has 5 heteroatoms. The molecule has 52 heavy (non-hydrogen) atoms. The Kier molecular flexibility index (Phi) is 5.44. The van der Waals surface area contributed by atoms with Crippen molar-refractivity contribution in [2.24, 2.45) is 0 Å². The summed E-state index contributed by atoms with van der Waals surface area (Å²) in [6.07, 6.45) is 1.83. The molecule has 5 heterocycles. The highest BCUT2D eigenvalue weighted by molar-refractivity contribution is 6.15. The van der Waals surface area contributed by atoms with Crippen molar-refractivity contribution in [3.8, 4) is 17.1 Å². The largest absolute Gasteiger partial charge is 0.452 e. The van der Waals surface area contributed by atoms with E-state index in [0.717, 1.165) is 50.2 Å². The third-order valence-corrected chi connectivity index (χ3v) is 10.9. The molecule has 0 atom stereocenters. The average molecular weight is 665 g/mol. The topological polar surface area (TPSA) is 40.8 Å². The lowest BCUT2D eigenvalue weighted by atomic mass is 10.1. The second-order valence-electron chi connectivity index (χ2n) is 13.6. The Bertz CT molecular complexity index is 3370. The number of para-hydroxylation sites is 5. The van der Waals surface area contributed by atoms with Crippen molar-refractivity contribution in [3.63, 3.8) is 0 Å². The Labute approximate surface area is 296 Å². The van der Waals surface area contributed by atoms with Crippen LogP contribution in [0.15, 0.2) is 174 Å². The standard InChI is InChI=1S/C47H28N4O/c1-5-16-38-31(11-1)32-12-2-6-17-39(32)49(38)29-22-24-42-36(27-29)33-13-3-7-18-40(33)50(42)30-23-25-43-37(28-30)34-14-4-8-19-41(34)51(43)44-20-9-15-35-46-45(52-47(35)44)21-10-26-48-46/h1-28H. The molecular weight excluding hydrogens is 637 g/mol. The molecule has 0 aliphatic rings. The molecule has 0 radical (unpaired) electrons. The molecule has 12 rings (SSSR count). The lowest BCUT2D eigenvalue weighted by Crippen LogP contribution is -1.97. The highest BCUT2D eigenvalue weighted by atomic mass is 16.3. The van der Waals surface area contributed by atoms with Crippen molar-refractivity contribution in [1.82, 2.24) is 18.7 Å². The van der Waals surface area contributed by atoms with Gasteiger partial charge in [0.1, 0.15) is 5.52 Å². The zero-order chi connectivity index (χ0) is 33.9. The fourth-order valence-corrected chi connectivity index (χ4v) is 8.72. The lowest BCUT2D eigenvalue weighted by molar-refractivity contribution is 0.665. The van der Waals surface area contributed by atoms with Crippen LogP contribution in [0.25, 0.3) is 105 Å². The van der Waals surface area contributed by atoms with E-state index in [1.165, 1.54) is 54.4 Å². The molecular formula is C47H28N4O. The summed E-state index contributed by atoms with van der Waals surface area (Å²) in [5, 5.41) is 8.38. The lowest BCUT2D eigenvalue weighted by Gasteiger charge is -2.11. The van der Waals surface area contributed by atoms with Crippen LogP contribution in [0.5, 0.6) is 0 Å². The molecule has 0 saturated carbocycles. The SMILES string of the molecule is c1cnc2c(c1)oc1c(-n3c4ccccc4c4cc(-n5c6ccccc6c6cc(-n7c8ccccc8c8ccccc87)ccc65)ccc43)cccc12.